The predicted molar refractivity (Wildman–Crippen MR) is 57.1 cm³/mol. The van der Waals surface area contributed by atoms with Crippen molar-refractivity contribution < 1.29 is 8.42 Å². The lowest BCUT2D eigenvalue weighted by atomic mass is 10.2. The van der Waals surface area contributed by atoms with Crippen molar-refractivity contribution in [3.8, 4) is 0 Å². The Hall–Kier alpha value is -0.820. The molecule has 0 aromatic carbocycles. The van der Waals surface area contributed by atoms with Crippen molar-refractivity contribution in [1.82, 2.24) is 10.0 Å². The van der Waals surface area contributed by atoms with Gasteiger partial charge in [-0.1, -0.05) is 19.8 Å². The van der Waals surface area contributed by atoms with Gasteiger partial charge in [-0.25, -0.2) is 9.86 Å². The molecule has 4 N–H and O–H groups in total. The van der Waals surface area contributed by atoms with Gasteiger partial charge in [-0.15, -0.1) is 0 Å². The number of nitrogens with two attached hydrogens (primary N) is 1. The van der Waals surface area contributed by atoms with Gasteiger partial charge in [0, 0.05) is 13.6 Å². The lowest BCUT2D eigenvalue weighted by Crippen LogP contribution is -2.44. The Morgan fingerprint density at radius 3 is 2.50 bits per heavy atom. The molecule has 7 heteroatoms. The lowest BCUT2D eigenvalue weighted by Gasteiger charge is -2.09. The number of nitrogens with zero attached hydrogens (tertiary/aromatic N) is 1. The van der Waals surface area contributed by atoms with E-state index < -0.39 is 10.2 Å². The third-order valence-corrected chi connectivity index (χ3v) is 2.01. The molecule has 0 spiro atoms. The normalized spacial score (nSPS) is 12.6. The highest BCUT2D eigenvalue weighted by molar-refractivity contribution is 7.87. The highest BCUT2D eigenvalue weighted by atomic mass is 32.2. The molecule has 0 saturated carbocycles. The SMILES string of the molecule is CCCCCNC(=NC)NS(N)(=O)=O. The molecule has 0 aliphatic carbocycles. The van der Waals surface area contributed by atoms with Crippen molar-refractivity contribution in [3.63, 3.8) is 0 Å². The van der Waals surface area contributed by atoms with Gasteiger partial charge in [-0.05, 0) is 6.42 Å². The monoisotopic (exact) mass is 222 g/mol. The summed E-state index contributed by atoms with van der Waals surface area (Å²) in [6, 6.07) is 0. The molecule has 0 aromatic rings. The Kier molecular flexibility index (Phi) is 6.22. The zero-order valence-corrected chi connectivity index (χ0v) is 9.39. The van der Waals surface area contributed by atoms with Crippen molar-refractivity contribution in [2.24, 2.45) is 10.1 Å². The Labute approximate surface area is 85.2 Å². The molecule has 14 heavy (non-hydrogen) atoms. The van der Waals surface area contributed by atoms with E-state index in [9.17, 15) is 8.42 Å². The van der Waals surface area contributed by atoms with Gasteiger partial charge in [0.25, 0.3) is 10.2 Å². The number of aliphatic imine (C=N–C) groups is 1. The summed E-state index contributed by atoms with van der Waals surface area (Å²) in [7, 11) is -2.23. The summed E-state index contributed by atoms with van der Waals surface area (Å²) in [6.45, 7) is 2.78. The van der Waals surface area contributed by atoms with E-state index in [2.05, 4.69) is 22.0 Å². The maximum Gasteiger partial charge on any atom is 0.298 e. The smallest absolute Gasteiger partial charge is 0.298 e. The number of nitrogens with one attached hydrogen (secondary N) is 2. The Balaban J connectivity index is 3.83. The van der Waals surface area contributed by atoms with Crippen molar-refractivity contribution >= 4 is 16.2 Å². The molecular formula is C7H18N4O2S. The molecular weight excluding hydrogens is 204 g/mol. The van der Waals surface area contributed by atoms with Crippen LogP contribution in [0.2, 0.25) is 0 Å². The molecule has 0 fully saturated rings. The first-order valence-electron chi connectivity index (χ1n) is 4.50. The van der Waals surface area contributed by atoms with Gasteiger partial charge in [0.2, 0.25) is 5.96 Å². The van der Waals surface area contributed by atoms with Crippen LogP contribution < -0.4 is 15.2 Å². The fraction of sp³-hybridized carbons (Fsp3) is 0.857. The summed E-state index contributed by atoms with van der Waals surface area (Å²) in [5, 5.41) is 7.62. The molecule has 0 heterocycles. The Bertz CT molecular complexity index is 273. The van der Waals surface area contributed by atoms with Crippen LogP contribution in [-0.2, 0) is 10.2 Å². The first kappa shape index (κ1) is 13.2. The Morgan fingerprint density at radius 1 is 1.43 bits per heavy atom. The first-order chi connectivity index (χ1) is 6.49. The summed E-state index contributed by atoms with van der Waals surface area (Å²) >= 11 is 0. The largest absolute Gasteiger partial charge is 0.356 e. The molecule has 0 radical (unpaired) electrons. The maximum atomic E-state index is 10.6. The van der Waals surface area contributed by atoms with Crippen LogP contribution in [0.1, 0.15) is 26.2 Å². The van der Waals surface area contributed by atoms with Gasteiger partial charge < -0.3 is 5.32 Å². The number of hydrogen-bond acceptors (Lipinski definition) is 3. The third kappa shape index (κ3) is 7.81. The van der Waals surface area contributed by atoms with Crippen molar-refractivity contribution in [1.29, 1.82) is 0 Å². The molecule has 0 amide bonds. The molecule has 0 aliphatic heterocycles. The molecule has 0 unspecified atom stereocenters. The van der Waals surface area contributed by atoms with Crippen molar-refractivity contribution in [2.75, 3.05) is 13.6 Å². The van der Waals surface area contributed by atoms with E-state index in [0.29, 0.717) is 6.54 Å². The summed E-state index contributed by atoms with van der Waals surface area (Å²) < 4.78 is 23.3. The fourth-order valence-electron chi connectivity index (χ4n) is 0.877. The highest BCUT2D eigenvalue weighted by Crippen LogP contribution is 1.90. The third-order valence-electron chi connectivity index (χ3n) is 1.54. The van der Waals surface area contributed by atoms with E-state index in [4.69, 9.17) is 5.14 Å². The van der Waals surface area contributed by atoms with Gasteiger partial charge in [-0.2, -0.15) is 8.42 Å². The van der Waals surface area contributed by atoms with E-state index in [1.54, 1.807) is 0 Å². The van der Waals surface area contributed by atoms with Crippen LogP contribution in [0, 0.1) is 0 Å². The predicted octanol–water partition coefficient (Wildman–Crippen LogP) is -0.455. The molecule has 84 valence electrons. The van der Waals surface area contributed by atoms with Crippen LogP contribution in [0.4, 0.5) is 0 Å². The summed E-state index contributed by atoms with van der Waals surface area (Å²) in [5.41, 5.74) is 0. The van der Waals surface area contributed by atoms with E-state index in [1.165, 1.54) is 7.05 Å². The van der Waals surface area contributed by atoms with Crippen LogP contribution in [0.25, 0.3) is 0 Å². The summed E-state index contributed by atoms with van der Waals surface area (Å²) in [5.74, 6) is 0.184. The average Bonchev–Trinajstić information content (AvgIpc) is 2.08. The number of rotatable bonds is 5. The zero-order valence-electron chi connectivity index (χ0n) is 8.58. The highest BCUT2D eigenvalue weighted by Gasteiger charge is 2.04. The molecule has 0 bridgehead atoms. The maximum absolute atomic E-state index is 10.6. The fourth-order valence-corrected chi connectivity index (χ4v) is 1.31. The van der Waals surface area contributed by atoms with Crippen molar-refractivity contribution in [3.05, 3.63) is 0 Å². The van der Waals surface area contributed by atoms with E-state index in [0.717, 1.165) is 19.3 Å². The summed E-state index contributed by atoms with van der Waals surface area (Å²) in [4.78, 5) is 3.71. The summed E-state index contributed by atoms with van der Waals surface area (Å²) in [6.07, 6.45) is 3.18. The van der Waals surface area contributed by atoms with Crippen LogP contribution in [0.15, 0.2) is 4.99 Å². The minimum atomic E-state index is -3.72. The molecule has 0 saturated heterocycles. The minimum Gasteiger partial charge on any atom is -0.356 e. The number of guanidine groups is 1. The second-order valence-electron chi connectivity index (χ2n) is 2.85. The van der Waals surface area contributed by atoms with Crippen LogP contribution in [0.3, 0.4) is 0 Å². The first-order valence-corrected chi connectivity index (χ1v) is 6.05. The zero-order chi connectivity index (χ0) is 11.0. The molecule has 6 nitrogen and oxygen atoms in total. The topological polar surface area (TPSA) is 96.6 Å². The molecule has 0 rings (SSSR count). The lowest BCUT2D eigenvalue weighted by molar-refractivity contribution is 0.592. The average molecular weight is 222 g/mol. The second-order valence-corrected chi connectivity index (χ2v) is 4.15. The second kappa shape index (κ2) is 6.61. The van der Waals surface area contributed by atoms with Crippen LogP contribution in [-0.4, -0.2) is 28.0 Å². The molecule has 0 atom stereocenters. The minimum absolute atomic E-state index is 0.184. The van der Waals surface area contributed by atoms with Gasteiger partial charge in [0.05, 0.1) is 0 Å². The van der Waals surface area contributed by atoms with Crippen LogP contribution in [0.5, 0.6) is 0 Å². The van der Waals surface area contributed by atoms with Crippen LogP contribution >= 0.6 is 0 Å². The van der Waals surface area contributed by atoms with Gasteiger partial charge in [-0.3, -0.25) is 4.99 Å². The standard InChI is InChI=1S/C7H18N4O2S/c1-3-4-5-6-10-7(9-2)11-14(8,12)13/h3-6H2,1-2H3,(H2,8,12,13)(H2,9,10,11). The van der Waals surface area contributed by atoms with E-state index >= 15 is 0 Å². The van der Waals surface area contributed by atoms with Gasteiger partial charge >= 0.3 is 0 Å². The van der Waals surface area contributed by atoms with Crippen molar-refractivity contribution in [2.45, 2.75) is 26.2 Å². The molecule has 0 aromatic heterocycles. The van der Waals surface area contributed by atoms with Gasteiger partial charge in [0.1, 0.15) is 0 Å². The van der Waals surface area contributed by atoms with E-state index in [1.807, 2.05) is 0 Å². The van der Waals surface area contributed by atoms with E-state index in [-0.39, 0.29) is 5.96 Å². The number of hydrogen-bond donors (Lipinski definition) is 3. The number of unbranched alkanes of at least 4 members (excludes halogenated alkanes) is 2. The Morgan fingerprint density at radius 2 is 2.07 bits per heavy atom. The molecule has 0 aliphatic rings. The van der Waals surface area contributed by atoms with Gasteiger partial charge in [0.15, 0.2) is 0 Å². The quantitative estimate of drug-likeness (QED) is 0.334.